The van der Waals surface area contributed by atoms with Crippen molar-refractivity contribution in [2.75, 3.05) is 0 Å². The van der Waals surface area contributed by atoms with Crippen molar-refractivity contribution < 1.29 is 4.92 Å². The third-order valence-corrected chi connectivity index (χ3v) is 4.23. The van der Waals surface area contributed by atoms with Crippen LogP contribution in [0.25, 0.3) is 5.57 Å². The van der Waals surface area contributed by atoms with Crippen molar-refractivity contribution in [1.82, 2.24) is 0 Å². The largest absolute Gasteiger partial charge is 0.278 e. The highest BCUT2D eigenvalue weighted by molar-refractivity contribution is 6.37. The third kappa shape index (κ3) is 3.17. The zero-order valence-corrected chi connectivity index (χ0v) is 14.1. The van der Waals surface area contributed by atoms with Gasteiger partial charge in [-0.15, -0.1) is 0 Å². The van der Waals surface area contributed by atoms with E-state index in [4.69, 9.17) is 23.2 Å². The minimum absolute atomic E-state index is 0.431. The smallest absolute Gasteiger partial charge is 0.263 e. The van der Waals surface area contributed by atoms with Gasteiger partial charge in [-0.25, -0.2) is 0 Å². The summed E-state index contributed by atoms with van der Waals surface area (Å²) < 4.78 is 0. The van der Waals surface area contributed by atoms with Crippen molar-refractivity contribution in [3.05, 3.63) is 73.8 Å². The Bertz CT molecular complexity index is 766. The first-order chi connectivity index (χ1) is 10.8. The molecule has 0 N–H and O–H groups in total. The maximum absolute atomic E-state index is 11.6. The van der Waals surface area contributed by atoms with E-state index in [1.54, 1.807) is 44.2 Å². The summed E-state index contributed by atoms with van der Waals surface area (Å²) in [5.41, 5.74) is 0.359. The van der Waals surface area contributed by atoms with Gasteiger partial charge in [-0.1, -0.05) is 47.0 Å². The molecular weight excluding hydrogens is 335 g/mol. The van der Waals surface area contributed by atoms with Crippen LogP contribution in [-0.4, -0.2) is 10.5 Å². The Balaban J connectivity index is 2.61. The molecule has 0 aliphatic heterocycles. The summed E-state index contributed by atoms with van der Waals surface area (Å²) in [5.74, 6) is -0.959. The number of nitro groups is 1. The van der Waals surface area contributed by atoms with Crippen molar-refractivity contribution in [1.29, 1.82) is 5.26 Å². The lowest BCUT2D eigenvalue weighted by molar-refractivity contribution is -0.545. The molecule has 0 saturated heterocycles. The van der Waals surface area contributed by atoms with Gasteiger partial charge < -0.3 is 0 Å². The van der Waals surface area contributed by atoms with Crippen LogP contribution < -0.4 is 0 Å². The molecule has 0 radical (unpaired) electrons. The quantitative estimate of drug-likeness (QED) is 0.435. The number of hydrogen-bond donors (Lipinski definition) is 0. The second-order valence-corrected chi connectivity index (χ2v) is 6.34. The second kappa shape index (κ2) is 6.57. The summed E-state index contributed by atoms with van der Waals surface area (Å²) in [7, 11) is 0. The number of rotatable bonds is 3. The van der Waals surface area contributed by atoms with Gasteiger partial charge in [0.2, 0.25) is 0 Å². The van der Waals surface area contributed by atoms with Gasteiger partial charge in [0, 0.05) is 20.5 Å². The summed E-state index contributed by atoms with van der Waals surface area (Å²) in [5, 5.41) is 22.0. The second-order valence-electron chi connectivity index (χ2n) is 5.52. The molecule has 6 heteroatoms. The molecule has 1 aliphatic carbocycles. The van der Waals surface area contributed by atoms with Crippen LogP contribution in [0.15, 0.2) is 48.1 Å². The average molecular weight is 349 g/mol. The van der Waals surface area contributed by atoms with E-state index in [1.807, 2.05) is 6.07 Å². The van der Waals surface area contributed by atoms with Crippen molar-refractivity contribution in [3.63, 3.8) is 0 Å². The lowest BCUT2D eigenvalue weighted by atomic mass is 9.77. The third-order valence-electron chi connectivity index (χ3n) is 3.60. The number of halogens is 2. The van der Waals surface area contributed by atoms with Gasteiger partial charge in [-0.05, 0) is 43.7 Å². The zero-order chi connectivity index (χ0) is 17.2. The first-order valence-electron chi connectivity index (χ1n) is 6.87. The van der Waals surface area contributed by atoms with E-state index in [2.05, 4.69) is 0 Å². The Labute approximate surface area is 144 Å². The van der Waals surface area contributed by atoms with Gasteiger partial charge in [0.25, 0.3) is 5.54 Å². The van der Waals surface area contributed by atoms with Crippen molar-refractivity contribution in [2.45, 2.75) is 19.4 Å². The van der Waals surface area contributed by atoms with Gasteiger partial charge in [0.1, 0.15) is 5.92 Å². The molecule has 2 unspecified atom stereocenters. The SMILES string of the molecule is CC(C)=CC1([N+](=O)[O-])C=CC(c2c(Cl)cccc2Cl)=CC1C#N. The number of nitriles is 1. The zero-order valence-electron chi connectivity index (χ0n) is 12.6. The van der Waals surface area contributed by atoms with Crippen molar-refractivity contribution in [3.8, 4) is 6.07 Å². The van der Waals surface area contributed by atoms with E-state index in [0.29, 0.717) is 21.2 Å². The van der Waals surface area contributed by atoms with Gasteiger partial charge in [-0.2, -0.15) is 5.26 Å². The lowest BCUT2D eigenvalue weighted by Gasteiger charge is -2.26. The molecule has 0 spiro atoms. The van der Waals surface area contributed by atoms with Gasteiger partial charge in [0.15, 0.2) is 0 Å². The Hall–Kier alpha value is -2.09. The van der Waals surface area contributed by atoms with E-state index in [9.17, 15) is 15.4 Å². The number of allylic oxidation sites excluding steroid dienone is 3. The molecule has 1 aromatic rings. The Morgan fingerprint density at radius 2 is 2.00 bits per heavy atom. The predicted octanol–water partition coefficient (Wildman–Crippen LogP) is 5.07. The van der Waals surface area contributed by atoms with E-state index < -0.39 is 16.4 Å². The van der Waals surface area contributed by atoms with Crippen molar-refractivity contribution in [2.24, 2.45) is 5.92 Å². The Kier molecular flexibility index (Phi) is 4.93. The van der Waals surface area contributed by atoms with E-state index in [0.717, 1.165) is 5.57 Å². The number of benzene rings is 1. The molecule has 0 fully saturated rings. The maximum Gasteiger partial charge on any atom is 0.278 e. The summed E-state index contributed by atoms with van der Waals surface area (Å²) >= 11 is 12.4. The summed E-state index contributed by atoms with van der Waals surface area (Å²) in [4.78, 5) is 11.2. The fourth-order valence-corrected chi connectivity index (χ4v) is 3.22. The van der Waals surface area contributed by atoms with Gasteiger partial charge in [0.05, 0.1) is 6.07 Å². The van der Waals surface area contributed by atoms with Crippen molar-refractivity contribution >= 4 is 28.8 Å². The van der Waals surface area contributed by atoms with Gasteiger partial charge in [-0.3, -0.25) is 10.1 Å². The Morgan fingerprint density at radius 3 is 2.48 bits per heavy atom. The number of hydrogen-bond acceptors (Lipinski definition) is 3. The van der Waals surface area contributed by atoms with Crippen LogP contribution in [0, 0.1) is 27.4 Å². The molecule has 0 bridgehead atoms. The normalized spacial score (nSPS) is 22.9. The molecule has 118 valence electrons. The van der Waals surface area contributed by atoms with Crippen LogP contribution in [0.2, 0.25) is 10.0 Å². The highest BCUT2D eigenvalue weighted by atomic mass is 35.5. The van der Waals surface area contributed by atoms with Crippen LogP contribution in [-0.2, 0) is 0 Å². The van der Waals surface area contributed by atoms with Crippen LogP contribution in [0.1, 0.15) is 19.4 Å². The average Bonchev–Trinajstić information content (AvgIpc) is 2.47. The molecule has 23 heavy (non-hydrogen) atoms. The fraction of sp³-hybridized carbons (Fsp3) is 0.235. The first kappa shape index (κ1) is 17.3. The maximum atomic E-state index is 11.6. The standard InChI is InChI=1S/C17H14Cl2N2O2/c1-11(2)9-17(21(22)23)7-6-12(8-13(17)10-20)16-14(18)4-3-5-15(16)19/h3-9,13H,1-2H3. The number of nitrogens with zero attached hydrogens (tertiary/aromatic N) is 2. The van der Waals surface area contributed by atoms with Crippen LogP contribution in [0.4, 0.5) is 0 Å². The monoisotopic (exact) mass is 348 g/mol. The highest BCUT2D eigenvalue weighted by Crippen LogP contribution is 2.39. The molecular formula is C17H14Cl2N2O2. The summed E-state index contributed by atoms with van der Waals surface area (Å²) in [6.07, 6.45) is 6.08. The summed E-state index contributed by atoms with van der Waals surface area (Å²) in [6, 6.07) is 7.11. The molecule has 1 aliphatic rings. The molecule has 0 saturated carbocycles. The van der Waals surface area contributed by atoms with E-state index in [1.165, 1.54) is 12.2 Å². The molecule has 2 atom stereocenters. The Morgan fingerprint density at radius 1 is 1.39 bits per heavy atom. The fourth-order valence-electron chi connectivity index (χ4n) is 2.60. The molecule has 2 rings (SSSR count). The van der Waals surface area contributed by atoms with E-state index in [-0.39, 0.29) is 0 Å². The molecule has 0 heterocycles. The van der Waals surface area contributed by atoms with E-state index >= 15 is 0 Å². The van der Waals surface area contributed by atoms with Gasteiger partial charge >= 0.3 is 0 Å². The molecule has 1 aromatic carbocycles. The first-order valence-corrected chi connectivity index (χ1v) is 7.63. The molecule has 4 nitrogen and oxygen atoms in total. The molecule has 0 aromatic heterocycles. The van der Waals surface area contributed by atoms with Crippen LogP contribution >= 0.6 is 23.2 Å². The highest BCUT2D eigenvalue weighted by Gasteiger charge is 2.47. The summed E-state index contributed by atoms with van der Waals surface area (Å²) in [6.45, 7) is 3.52. The van der Waals surface area contributed by atoms with Crippen LogP contribution in [0.5, 0.6) is 0 Å². The molecule has 0 amide bonds. The van der Waals surface area contributed by atoms with Crippen LogP contribution in [0.3, 0.4) is 0 Å². The topological polar surface area (TPSA) is 66.9 Å². The lowest BCUT2D eigenvalue weighted by Crippen LogP contribution is -2.42. The minimum Gasteiger partial charge on any atom is -0.263 e. The predicted molar refractivity (Wildman–Crippen MR) is 91.8 cm³/mol. The minimum atomic E-state index is -1.58.